The fraction of sp³-hybridized carbons (Fsp3) is 0.455. The number of benzene rings is 1. The van der Waals surface area contributed by atoms with Gasteiger partial charge in [0.1, 0.15) is 6.10 Å². The molecular formula is C11H13ClN2O3. The Morgan fingerprint density at radius 2 is 2.24 bits per heavy atom. The van der Waals surface area contributed by atoms with E-state index in [1.165, 1.54) is 18.2 Å². The number of rotatable bonds is 3. The minimum atomic E-state index is -0.472. The van der Waals surface area contributed by atoms with E-state index < -0.39 is 4.92 Å². The van der Waals surface area contributed by atoms with Crippen LogP contribution in [0.15, 0.2) is 18.2 Å². The van der Waals surface area contributed by atoms with Crippen LogP contribution in [0.5, 0.6) is 5.75 Å². The Morgan fingerprint density at radius 3 is 2.82 bits per heavy atom. The molecule has 1 saturated carbocycles. The highest BCUT2D eigenvalue weighted by molar-refractivity contribution is 6.30. The molecule has 1 fully saturated rings. The number of ether oxygens (including phenoxy) is 1. The molecule has 0 aromatic heterocycles. The van der Waals surface area contributed by atoms with Gasteiger partial charge in [-0.15, -0.1) is 0 Å². The van der Waals surface area contributed by atoms with Crippen molar-refractivity contribution in [2.75, 3.05) is 0 Å². The number of nitrogens with two attached hydrogens (primary N) is 1. The first-order valence-corrected chi connectivity index (χ1v) is 5.80. The summed E-state index contributed by atoms with van der Waals surface area (Å²) in [5, 5.41) is 11.3. The third-order valence-electron chi connectivity index (χ3n) is 2.84. The highest BCUT2D eigenvalue weighted by Gasteiger charge is 2.26. The standard InChI is InChI=1S/C11H13ClN2O3/c12-7-1-4-10(14(15)16)11(5-7)17-9-3-2-8(13)6-9/h1,4-5,8-9H,2-3,6,13H2. The van der Waals surface area contributed by atoms with Crippen molar-refractivity contribution in [1.29, 1.82) is 0 Å². The average Bonchev–Trinajstić information content (AvgIpc) is 2.63. The first-order valence-electron chi connectivity index (χ1n) is 5.42. The monoisotopic (exact) mass is 256 g/mol. The van der Waals surface area contributed by atoms with Crippen molar-refractivity contribution >= 4 is 17.3 Å². The molecule has 2 N–H and O–H groups in total. The summed E-state index contributed by atoms with van der Waals surface area (Å²) >= 11 is 5.81. The van der Waals surface area contributed by atoms with E-state index in [1.54, 1.807) is 0 Å². The first-order chi connectivity index (χ1) is 8.06. The number of nitro groups is 1. The van der Waals surface area contributed by atoms with Crippen molar-refractivity contribution < 1.29 is 9.66 Å². The second-order valence-electron chi connectivity index (χ2n) is 4.18. The van der Waals surface area contributed by atoms with Crippen LogP contribution in [0.2, 0.25) is 5.02 Å². The molecule has 0 bridgehead atoms. The molecule has 1 aliphatic carbocycles. The molecule has 2 atom stereocenters. The van der Waals surface area contributed by atoms with E-state index in [0.29, 0.717) is 5.02 Å². The van der Waals surface area contributed by atoms with Crippen LogP contribution < -0.4 is 10.5 Å². The third-order valence-corrected chi connectivity index (χ3v) is 3.07. The molecule has 0 spiro atoms. The summed E-state index contributed by atoms with van der Waals surface area (Å²) in [5.74, 6) is 0.224. The molecule has 92 valence electrons. The summed E-state index contributed by atoms with van der Waals surface area (Å²) in [6.45, 7) is 0. The predicted molar refractivity (Wildman–Crippen MR) is 64.3 cm³/mol. The van der Waals surface area contributed by atoms with Crippen molar-refractivity contribution in [3.8, 4) is 5.75 Å². The van der Waals surface area contributed by atoms with Gasteiger partial charge in [0.15, 0.2) is 5.75 Å². The van der Waals surface area contributed by atoms with Crippen LogP contribution in [0.25, 0.3) is 0 Å². The second-order valence-corrected chi connectivity index (χ2v) is 4.62. The minimum Gasteiger partial charge on any atom is -0.483 e. The van der Waals surface area contributed by atoms with Gasteiger partial charge in [0.2, 0.25) is 0 Å². The van der Waals surface area contributed by atoms with Gasteiger partial charge in [-0.3, -0.25) is 10.1 Å². The van der Waals surface area contributed by atoms with Crippen LogP contribution in [0.1, 0.15) is 19.3 Å². The van der Waals surface area contributed by atoms with Gasteiger partial charge < -0.3 is 10.5 Å². The molecule has 1 aliphatic rings. The third kappa shape index (κ3) is 2.87. The lowest BCUT2D eigenvalue weighted by atomic mass is 10.2. The van der Waals surface area contributed by atoms with E-state index in [9.17, 15) is 10.1 Å². The van der Waals surface area contributed by atoms with Crippen LogP contribution in [-0.4, -0.2) is 17.1 Å². The van der Waals surface area contributed by atoms with Crippen LogP contribution >= 0.6 is 11.6 Å². The van der Waals surface area contributed by atoms with Crippen LogP contribution in [0, 0.1) is 10.1 Å². The molecule has 2 rings (SSSR count). The van der Waals surface area contributed by atoms with Gasteiger partial charge in [-0.05, 0) is 25.3 Å². The molecule has 0 aliphatic heterocycles. The Labute approximate surface area is 104 Å². The maximum atomic E-state index is 10.8. The van der Waals surface area contributed by atoms with E-state index in [2.05, 4.69) is 0 Å². The molecule has 6 heteroatoms. The van der Waals surface area contributed by atoms with Gasteiger partial charge in [-0.25, -0.2) is 0 Å². The number of nitro benzene ring substituents is 1. The smallest absolute Gasteiger partial charge is 0.311 e. The minimum absolute atomic E-state index is 0.0535. The van der Waals surface area contributed by atoms with E-state index in [4.69, 9.17) is 22.1 Å². The molecule has 2 unspecified atom stereocenters. The van der Waals surface area contributed by atoms with Gasteiger partial charge in [-0.2, -0.15) is 0 Å². The molecular weight excluding hydrogens is 244 g/mol. The molecule has 0 saturated heterocycles. The lowest BCUT2D eigenvalue weighted by Gasteiger charge is -2.13. The highest BCUT2D eigenvalue weighted by Crippen LogP contribution is 2.33. The fourth-order valence-corrected chi connectivity index (χ4v) is 2.16. The van der Waals surface area contributed by atoms with E-state index in [0.717, 1.165) is 19.3 Å². The Hall–Kier alpha value is -1.33. The Kier molecular flexibility index (Phi) is 3.49. The van der Waals surface area contributed by atoms with Gasteiger partial charge in [0.25, 0.3) is 0 Å². The zero-order valence-electron chi connectivity index (χ0n) is 9.14. The second kappa shape index (κ2) is 4.89. The number of hydrogen-bond acceptors (Lipinski definition) is 4. The van der Waals surface area contributed by atoms with Crippen molar-refractivity contribution in [3.63, 3.8) is 0 Å². The normalized spacial score (nSPS) is 23.6. The SMILES string of the molecule is NC1CCC(Oc2cc(Cl)ccc2[N+](=O)[O-])C1. The molecule has 5 nitrogen and oxygen atoms in total. The predicted octanol–water partition coefficient (Wildman–Crippen LogP) is 2.51. The summed E-state index contributed by atoms with van der Waals surface area (Å²) in [7, 11) is 0. The van der Waals surface area contributed by atoms with Crippen molar-refractivity contribution in [2.45, 2.75) is 31.4 Å². The molecule has 0 amide bonds. The van der Waals surface area contributed by atoms with Gasteiger partial charge >= 0.3 is 5.69 Å². The molecule has 0 radical (unpaired) electrons. The number of hydrogen-bond donors (Lipinski definition) is 1. The molecule has 1 aromatic carbocycles. The number of nitrogens with zero attached hydrogens (tertiary/aromatic N) is 1. The maximum absolute atomic E-state index is 10.8. The van der Waals surface area contributed by atoms with Gasteiger partial charge in [0, 0.05) is 23.2 Å². The fourth-order valence-electron chi connectivity index (χ4n) is 1.99. The Balaban J connectivity index is 2.19. The van der Waals surface area contributed by atoms with E-state index in [1.807, 2.05) is 0 Å². The van der Waals surface area contributed by atoms with E-state index >= 15 is 0 Å². The van der Waals surface area contributed by atoms with Crippen LogP contribution in [-0.2, 0) is 0 Å². The lowest BCUT2D eigenvalue weighted by molar-refractivity contribution is -0.386. The van der Waals surface area contributed by atoms with Gasteiger partial charge in [0.05, 0.1) is 4.92 Å². The molecule has 17 heavy (non-hydrogen) atoms. The van der Waals surface area contributed by atoms with Crippen molar-refractivity contribution in [2.24, 2.45) is 5.73 Å². The average molecular weight is 257 g/mol. The maximum Gasteiger partial charge on any atom is 0.311 e. The highest BCUT2D eigenvalue weighted by atomic mass is 35.5. The lowest BCUT2D eigenvalue weighted by Crippen LogP contribution is -2.19. The zero-order valence-corrected chi connectivity index (χ0v) is 9.89. The Bertz CT molecular complexity index is 439. The van der Waals surface area contributed by atoms with Gasteiger partial charge in [-0.1, -0.05) is 11.6 Å². The topological polar surface area (TPSA) is 78.4 Å². The summed E-state index contributed by atoms with van der Waals surface area (Å²) in [6.07, 6.45) is 2.38. The summed E-state index contributed by atoms with van der Waals surface area (Å²) < 4.78 is 5.61. The summed E-state index contributed by atoms with van der Waals surface area (Å²) in [6, 6.07) is 4.43. The largest absolute Gasteiger partial charge is 0.483 e. The first kappa shape index (κ1) is 12.1. The summed E-state index contributed by atoms with van der Waals surface area (Å²) in [5.41, 5.74) is 5.71. The van der Waals surface area contributed by atoms with Crippen LogP contribution in [0.4, 0.5) is 5.69 Å². The van der Waals surface area contributed by atoms with Crippen molar-refractivity contribution in [3.05, 3.63) is 33.3 Å². The number of halogens is 1. The van der Waals surface area contributed by atoms with Crippen molar-refractivity contribution in [1.82, 2.24) is 0 Å². The quantitative estimate of drug-likeness (QED) is 0.666. The molecule has 1 aromatic rings. The van der Waals surface area contributed by atoms with Crippen LogP contribution in [0.3, 0.4) is 0 Å². The molecule has 0 heterocycles. The summed E-state index contributed by atoms with van der Waals surface area (Å²) in [4.78, 5) is 10.4. The van der Waals surface area contributed by atoms with E-state index in [-0.39, 0.29) is 23.6 Å². The Morgan fingerprint density at radius 1 is 1.47 bits per heavy atom. The zero-order chi connectivity index (χ0) is 12.4.